The number of hydrogen-bond acceptors (Lipinski definition) is 3. The minimum atomic E-state index is -0.607. The lowest BCUT2D eigenvalue weighted by atomic mass is 9.91. The number of rotatable bonds is 2. The van der Waals surface area contributed by atoms with Crippen LogP contribution in [-0.4, -0.2) is 47.6 Å². The molecular weight excluding hydrogens is 244 g/mol. The summed E-state index contributed by atoms with van der Waals surface area (Å²) in [6, 6.07) is 0. The van der Waals surface area contributed by atoms with Crippen molar-refractivity contribution in [3.8, 4) is 0 Å². The van der Waals surface area contributed by atoms with Crippen molar-refractivity contribution in [2.45, 2.75) is 56.6 Å². The Kier molecular flexibility index (Phi) is 3.04. The van der Waals surface area contributed by atoms with Crippen LogP contribution in [-0.2, 0) is 14.3 Å². The summed E-state index contributed by atoms with van der Waals surface area (Å²) in [5, 5.41) is 2.94. The van der Waals surface area contributed by atoms with Crippen LogP contribution in [0.2, 0.25) is 0 Å². The molecule has 2 aliphatic heterocycles. The minimum absolute atomic E-state index is 0.0249. The van der Waals surface area contributed by atoms with E-state index in [4.69, 9.17) is 4.74 Å². The highest BCUT2D eigenvalue weighted by Crippen LogP contribution is 2.35. The van der Waals surface area contributed by atoms with Crippen LogP contribution in [0.25, 0.3) is 0 Å². The van der Waals surface area contributed by atoms with E-state index in [1.807, 2.05) is 6.92 Å². The second-order valence-electron chi connectivity index (χ2n) is 6.40. The number of hydrogen-bond donors (Lipinski definition) is 1. The van der Waals surface area contributed by atoms with Crippen LogP contribution in [0.1, 0.15) is 45.4 Å². The lowest BCUT2D eigenvalue weighted by molar-refractivity contribution is -0.153. The van der Waals surface area contributed by atoms with E-state index in [0.717, 1.165) is 45.1 Å². The maximum Gasteiger partial charge on any atom is 0.248 e. The third-order valence-electron chi connectivity index (χ3n) is 4.69. The highest BCUT2D eigenvalue weighted by Gasteiger charge is 2.49. The van der Waals surface area contributed by atoms with E-state index in [9.17, 15) is 9.59 Å². The van der Waals surface area contributed by atoms with E-state index in [2.05, 4.69) is 5.32 Å². The van der Waals surface area contributed by atoms with E-state index in [1.54, 1.807) is 4.90 Å². The summed E-state index contributed by atoms with van der Waals surface area (Å²) in [4.78, 5) is 26.3. The Hall–Kier alpha value is -1.10. The number of amides is 2. The molecule has 1 aliphatic carbocycles. The van der Waals surface area contributed by atoms with E-state index < -0.39 is 5.54 Å². The first-order chi connectivity index (χ1) is 9.03. The lowest BCUT2D eigenvalue weighted by Crippen LogP contribution is -2.67. The fourth-order valence-corrected chi connectivity index (χ4v) is 3.72. The fraction of sp³-hybridized carbons (Fsp3) is 0.857. The van der Waals surface area contributed by atoms with Gasteiger partial charge in [-0.2, -0.15) is 0 Å². The van der Waals surface area contributed by atoms with Crippen molar-refractivity contribution in [3.63, 3.8) is 0 Å². The summed E-state index contributed by atoms with van der Waals surface area (Å²) in [5.41, 5.74) is -0.878. The van der Waals surface area contributed by atoms with Gasteiger partial charge >= 0.3 is 0 Å². The second kappa shape index (κ2) is 4.47. The van der Waals surface area contributed by atoms with Gasteiger partial charge in [0.1, 0.15) is 5.54 Å². The molecule has 5 nitrogen and oxygen atoms in total. The number of nitrogens with zero attached hydrogens (tertiary/aromatic N) is 1. The van der Waals surface area contributed by atoms with Crippen molar-refractivity contribution in [1.82, 2.24) is 10.2 Å². The van der Waals surface area contributed by atoms with Crippen molar-refractivity contribution < 1.29 is 14.3 Å². The summed E-state index contributed by atoms with van der Waals surface area (Å²) < 4.78 is 5.75. The largest absolute Gasteiger partial charge is 0.373 e. The molecular formula is C14H22N2O3. The Morgan fingerprint density at radius 2 is 1.95 bits per heavy atom. The average Bonchev–Trinajstić information content (AvgIpc) is 2.96. The molecule has 0 aromatic carbocycles. The fourth-order valence-electron chi connectivity index (χ4n) is 3.72. The SMILES string of the molecule is CC1(CN2CC(=O)NC3(CCCC3)C2=O)CCCO1. The maximum atomic E-state index is 12.7. The van der Waals surface area contributed by atoms with E-state index in [-0.39, 0.29) is 24.0 Å². The molecule has 0 bridgehead atoms. The van der Waals surface area contributed by atoms with Gasteiger partial charge in [0.05, 0.1) is 18.7 Å². The highest BCUT2D eigenvalue weighted by atomic mass is 16.5. The van der Waals surface area contributed by atoms with Gasteiger partial charge in [0.15, 0.2) is 0 Å². The molecule has 1 saturated carbocycles. The number of carbonyl (C=O) groups excluding carboxylic acids is 2. The molecule has 1 spiro atoms. The highest BCUT2D eigenvalue weighted by molar-refractivity contribution is 5.98. The summed E-state index contributed by atoms with van der Waals surface area (Å²) in [6.07, 6.45) is 5.61. The number of nitrogens with one attached hydrogen (secondary N) is 1. The summed E-state index contributed by atoms with van der Waals surface area (Å²) in [5.74, 6) is 0.0735. The molecule has 0 radical (unpaired) electrons. The van der Waals surface area contributed by atoms with Gasteiger partial charge in [0.2, 0.25) is 11.8 Å². The molecule has 2 amide bonds. The molecule has 0 aromatic rings. The van der Waals surface area contributed by atoms with Gasteiger partial charge in [-0.05, 0) is 32.6 Å². The molecule has 19 heavy (non-hydrogen) atoms. The van der Waals surface area contributed by atoms with E-state index in [0.29, 0.717) is 6.54 Å². The molecule has 106 valence electrons. The van der Waals surface area contributed by atoms with Crippen LogP contribution in [0.3, 0.4) is 0 Å². The second-order valence-corrected chi connectivity index (χ2v) is 6.40. The van der Waals surface area contributed by atoms with Crippen molar-refractivity contribution in [2.24, 2.45) is 0 Å². The number of carbonyl (C=O) groups is 2. The summed E-state index contributed by atoms with van der Waals surface area (Å²) in [6.45, 7) is 3.53. The van der Waals surface area contributed by atoms with E-state index in [1.165, 1.54) is 0 Å². The predicted octanol–water partition coefficient (Wildman–Crippen LogP) is 0.827. The summed E-state index contributed by atoms with van der Waals surface area (Å²) in [7, 11) is 0. The average molecular weight is 266 g/mol. The van der Waals surface area contributed by atoms with Gasteiger partial charge in [-0.3, -0.25) is 9.59 Å². The summed E-state index contributed by atoms with van der Waals surface area (Å²) >= 11 is 0. The molecule has 3 fully saturated rings. The van der Waals surface area contributed by atoms with Crippen LogP contribution in [0.4, 0.5) is 0 Å². The third-order valence-corrected chi connectivity index (χ3v) is 4.69. The van der Waals surface area contributed by atoms with E-state index >= 15 is 0 Å². The molecule has 3 rings (SSSR count). The van der Waals surface area contributed by atoms with Crippen molar-refractivity contribution in [1.29, 1.82) is 0 Å². The Bertz CT molecular complexity index is 395. The first kappa shape index (κ1) is 12.9. The molecule has 5 heteroatoms. The first-order valence-electron chi connectivity index (χ1n) is 7.27. The van der Waals surface area contributed by atoms with Gasteiger partial charge in [0.25, 0.3) is 0 Å². The molecule has 1 N–H and O–H groups in total. The van der Waals surface area contributed by atoms with Crippen LogP contribution in [0, 0.1) is 0 Å². The van der Waals surface area contributed by atoms with Crippen LogP contribution < -0.4 is 5.32 Å². The Labute approximate surface area is 113 Å². The number of piperazine rings is 1. The van der Waals surface area contributed by atoms with Gasteiger partial charge in [-0.1, -0.05) is 12.8 Å². The first-order valence-corrected chi connectivity index (χ1v) is 7.27. The zero-order valence-corrected chi connectivity index (χ0v) is 11.5. The standard InChI is InChI=1S/C14H22N2O3/c1-13(5-4-8-19-13)10-16-9-11(17)15-14(12(16)18)6-2-3-7-14/h2-10H2,1H3,(H,15,17). The van der Waals surface area contributed by atoms with Crippen molar-refractivity contribution in [2.75, 3.05) is 19.7 Å². The van der Waals surface area contributed by atoms with Crippen LogP contribution >= 0.6 is 0 Å². The van der Waals surface area contributed by atoms with Gasteiger partial charge in [0, 0.05) is 6.61 Å². The number of ether oxygens (including phenoxy) is 1. The molecule has 3 aliphatic rings. The molecule has 2 saturated heterocycles. The third kappa shape index (κ3) is 2.24. The quantitative estimate of drug-likeness (QED) is 0.805. The van der Waals surface area contributed by atoms with Gasteiger partial charge in [-0.15, -0.1) is 0 Å². The topological polar surface area (TPSA) is 58.6 Å². The Morgan fingerprint density at radius 1 is 1.21 bits per heavy atom. The monoisotopic (exact) mass is 266 g/mol. The van der Waals surface area contributed by atoms with Gasteiger partial charge in [-0.25, -0.2) is 0 Å². The molecule has 1 unspecified atom stereocenters. The van der Waals surface area contributed by atoms with Crippen molar-refractivity contribution >= 4 is 11.8 Å². The maximum absolute atomic E-state index is 12.7. The molecule has 0 aromatic heterocycles. The Balaban J connectivity index is 1.77. The van der Waals surface area contributed by atoms with Crippen LogP contribution in [0.15, 0.2) is 0 Å². The normalized spacial score (nSPS) is 34.1. The zero-order valence-electron chi connectivity index (χ0n) is 11.5. The van der Waals surface area contributed by atoms with Gasteiger partial charge < -0.3 is 15.0 Å². The van der Waals surface area contributed by atoms with Crippen molar-refractivity contribution in [3.05, 3.63) is 0 Å². The Morgan fingerprint density at radius 3 is 2.58 bits per heavy atom. The predicted molar refractivity (Wildman–Crippen MR) is 69.5 cm³/mol. The zero-order chi connectivity index (χ0) is 13.5. The lowest BCUT2D eigenvalue weighted by Gasteiger charge is -2.42. The van der Waals surface area contributed by atoms with Crippen LogP contribution in [0.5, 0.6) is 0 Å². The smallest absolute Gasteiger partial charge is 0.248 e. The molecule has 2 heterocycles. The minimum Gasteiger partial charge on any atom is -0.373 e. The molecule has 1 atom stereocenters.